The summed E-state index contributed by atoms with van der Waals surface area (Å²) in [6.45, 7) is 0. The predicted octanol–water partition coefficient (Wildman–Crippen LogP) is 1.93. The highest BCUT2D eigenvalue weighted by Gasteiger charge is 2.10. The van der Waals surface area contributed by atoms with Crippen molar-refractivity contribution in [1.82, 2.24) is 5.32 Å². The van der Waals surface area contributed by atoms with E-state index >= 15 is 0 Å². The second kappa shape index (κ2) is 2.74. The molecule has 0 unspecified atom stereocenters. The van der Waals surface area contributed by atoms with Crippen molar-refractivity contribution < 1.29 is 5.11 Å². The van der Waals surface area contributed by atoms with Gasteiger partial charge >= 0.3 is 0 Å². The normalized spacial score (nSPS) is 19.8. The first-order chi connectivity index (χ1) is 5.88. The summed E-state index contributed by atoms with van der Waals surface area (Å²) >= 11 is 0. The van der Waals surface area contributed by atoms with Crippen LogP contribution in [0, 0.1) is 0 Å². The van der Waals surface area contributed by atoms with Gasteiger partial charge in [0.15, 0.2) is 0 Å². The molecule has 0 aromatic rings. The minimum Gasteiger partial charge on any atom is -0.506 e. The molecule has 0 aromatic carbocycles. The number of aliphatic hydroxyl groups excluding tert-OH is 1. The van der Waals surface area contributed by atoms with E-state index in [1.807, 2.05) is 36.6 Å². The number of hydrogen-bond acceptors (Lipinski definition) is 2. The summed E-state index contributed by atoms with van der Waals surface area (Å²) in [6, 6.07) is 0. The summed E-state index contributed by atoms with van der Waals surface area (Å²) < 4.78 is 0. The molecule has 0 aromatic heterocycles. The standard InChI is InChI=1S/C10H9NO/c12-10-7-11-6-8-4-2-1-3-5-9(8)10/h1-7,11-12H. The van der Waals surface area contributed by atoms with Gasteiger partial charge in [0.05, 0.1) is 0 Å². The van der Waals surface area contributed by atoms with E-state index in [0.717, 1.165) is 11.1 Å². The SMILES string of the molecule is OC1=CNC=C2C=CC=CC=C12. The molecule has 1 aliphatic heterocycles. The molecule has 0 saturated heterocycles. The van der Waals surface area contributed by atoms with Crippen LogP contribution in [-0.4, -0.2) is 5.11 Å². The fourth-order valence-electron chi connectivity index (χ4n) is 1.21. The van der Waals surface area contributed by atoms with E-state index in [4.69, 9.17) is 0 Å². The largest absolute Gasteiger partial charge is 0.506 e. The Morgan fingerprint density at radius 1 is 1.08 bits per heavy atom. The van der Waals surface area contributed by atoms with Crippen molar-refractivity contribution in [3.8, 4) is 0 Å². The highest BCUT2D eigenvalue weighted by Crippen LogP contribution is 2.22. The fraction of sp³-hybridized carbons (Fsp3) is 0. The van der Waals surface area contributed by atoms with Crippen molar-refractivity contribution in [2.24, 2.45) is 0 Å². The lowest BCUT2D eigenvalue weighted by atomic mass is 10.0. The lowest BCUT2D eigenvalue weighted by Gasteiger charge is -2.11. The van der Waals surface area contributed by atoms with E-state index in [1.165, 1.54) is 0 Å². The Morgan fingerprint density at radius 2 is 2.00 bits per heavy atom. The molecule has 2 rings (SSSR count). The van der Waals surface area contributed by atoms with E-state index in [2.05, 4.69) is 5.32 Å². The highest BCUT2D eigenvalue weighted by atomic mass is 16.3. The molecule has 0 bridgehead atoms. The highest BCUT2D eigenvalue weighted by molar-refractivity contribution is 5.54. The van der Waals surface area contributed by atoms with Crippen molar-refractivity contribution in [3.63, 3.8) is 0 Å². The third-order valence-corrected chi connectivity index (χ3v) is 1.81. The Kier molecular flexibility index (Phi) is 1.59. The summed E-state index contributed by atoms with van der Waals surface area (Å²) in [5, 5.41) is 12.3. The van der Waals surface area contributed by atoms with Crippen LogP contribution < -0.4 is 5.32 Å². The number of aliphatic hydroxyl groups is 1. The minimum absolute atomic E-state index is 0.281. The summed E-state index contributed by atoms with van der Waals surface area (Å²) in [4.78, 5) is 0. The van der Waals surface area contributed by atoms with Crippen LogP contribution in [0.25, 0.3) is 0 Å². The van der Waals surface area contributed by atoms with Gasteiger partial charge in [0.1, 0.15) is 5.76 Å². The molecule has 60 valence electrons. The molecule has 0 saturated carbocycles. The van der Waals surface area contributed by atoms with Gasteiger partial charge < -0.3 is 10.4 Å². The van der Waals surface area contributed by atoms with Crippen LogP contribution in [0.1, 0.15) is 0 Å². The first-order valence-corrected chi connectivity index (χ1v) is 3.79. The van der Waals surface area contributed by atoms with E-state index in [-0.39, 0.29) is 5.76 Å². The van der Waals surface area contributed by atoms with E-state index in [1.54, 1.807) is 6.20 Å². The second-order valence-electron chi connectivity index (χ2n) is 2.62. The molecule has 0 fully saturated rings. The molecule has 1 heterocycles. The van der Waals surface area contributed by atoms with Crippen molar-refractivity contribution in [2.75, 3.05) is 0 Å². The van der Waals surface area contributed by atoms with Gasteiger partial charge in [-0.2, -0.15) is 0 Å². The average molecular weight is 159 g/mol. The van der Waals surface area contributed by atoms with Crippen LogP contribution >= 0.6 is 0 Å². The molecular formula is C10H9NO. The van der Waals surface area contributed by atoms with E-state index in [0.29, 0.717) is 0 Å². The number of fused-ring (bicyclic) bond motifs is 1. The Bertz CT molecular complexity index is 343. The Labute approximate surface area is 70.9 Å². The van der Waals surface area contributed by atoms with E-state index < -0.39 is 0 Å². The van der Waals surface area contributed by atoms with Crippen LogP contribution in [-0.2, 0) is 0 Å². The molecule has 2 N–H and O–H groups in total. The van der Waals surface area contributed by atoms with Crippen LogP contribution in [0.5, 0.6) is 0 Å². The van der Waals surface area contributed by atoms with Crippen LogP contribution in [0.2, 0.25) is 0 Å². The van der Waals surface area contributed by atoms with Crippen molar-refractivity contribution in [1.29, 1.82) is 0 Å². The van der Waals surface area contributed by atoms with Crippen LogP contribution in [0.15, 0.2) is 59.7 Å². The quantitative estimate of drug-likeness (QED) is 0.566. The fourth-order valence-corrected chi connectivity index (χ4v) is 1.21. The monoisotopic (exact) mass is 159 g/mol. The third-order valence-electron chi connectivity index (χ3n) is 1.81. The zero-order valence-corrected chi connectivity index (χ0v) is 6.49. The second-order valence-corrected chi connectivity index (χ2v) is 2.62. The number of rotatable bonds is 0. The van der Waals surface area contributed by atoms with Gasteiger partial charge in [-0.15, -0.1) is 0 Å². The Balaban J connectivity index is 2.47. The summed E-state index contributed by atoms with van der Waals surface area (Å²) in [6.07, 6.45) is 13.0. The first-order valence-electron chi connectivity index (χ1n) is 3.79. The summed E-state index contributed by atoms with van der Waals surface area (Å²) in [5.41, 5.74) is 1.86. The minimum atomic E-state index is 0.281. The van der Waals surface area contributed by atoms with E-state index in [9.17, 15) is 5.11 Å². The molecule has 1 aliphatic carbocycles. The van der Waals surface area contributed by atoms with Gasteiger partial charge in [-0.1, -0.05) is 30.4 Å². The van der Waals surface area contributed by atoms with Gasteiger partial charge in [0.25, 0.3) is 0 Å². The lowest BCUT2D eigenvalue weighted by Crippen LogP contribution is -2.07. The average Bonchev–Trinajstić information content (AvgIpc) is 2.30. The number of nitrogens with one attached hydrogen (secondary N) is 1. The third kappa shape index (κ3) is 1.07. The maximum Gasteiger partial charge on any atom is 0.139 e. The van der Waals surface area contributed by atoms with Gasteiger partial charge in [-0.3, -0.25) is 0 Å². The van der Waals surface area contributed by atoms with Gasteiger partial charge in [-0.25, -0.2) is 0 Å². The first kappa shape index (κ1) is 6.98. The molecule has 0 spiro atoms. The molecule has 2 nitrogen and oxygen atoms in total. The Hall–Kier alpha value is -1.70. The number of hydrogen-bond donors (Lipinski definition) is 2. The van der Waals surface area contributed by atoms with Crippen molar-refractivity contribution in [2.45, 2.75) is 0 Å². The van der Waals surface area contributed by atoms with Crippen LogP contribution in [0.3, 0.4) is 0 Å². The molecular weight excluding hydrogens is 150 g/mol. The molecule has 0 atom stereocenters. The predicted molar refractivity (Wildman–Crippen MR) is 48.3 cm³/mol. The smallest absolute Gasteiger partial charge is 0.139 e. The number of allylic oxidation sites excluding steroid dienone is 6. The zero-order valence-electron chi connectivity index (χ0n) is 6.49. The van der Waals surface area contributed by atoms with Crippen molar-refractivity contribution >= 4 is 0 Å². The molecule has 2 aliphatic rings. The number of dihydropyridines is 1. The van der Waals surface area contributed by atoms with Gasteiger partial charge in [0, 0.05) is 23.5 Å². The lowest BCUT2D eigenvalue weighted by molar-refractivity contribution is 0.420. The zero-order chi connectivity index (χ0) is 8.39. The maximum atomic E-state index is 9.45. The topological polar surface area (TPSA) is 32.3 Å². The molecule has 0 radical (unpaired) electrons. The van der Waals surface area contributed by atoms with Gasteiger partial charge in [0.2, 0.25) is 0 Å². The maximum absolute atomic E-state index is 9.45. The van der Waals surface area contributed by atoms with Crippen LogP contribution in [0.4, 0.5) is 0 Å². The van der Waals surface area contributed by atoms with Crippen molar-refractivity contribution in [3.05, 3.63) is 59.7 Å². The molecule has 12 heavy (non-hydrogen) atoms. The summed E-state index contributed by atoms with van der Waals surface area (Å²) in [7, 11) is 0. The molecule has 2 heteroatoms. The summed E-state index contributed by atoms with van der Waals surface area (Å²) in [5.74, 6) is 0.281. The molecule has 0 amide bonds. The Morgan fingerprint density at radius 3 is 2.92 bits per heavy atom. The van der Waals surface area contributed by atoms with Gasteiger partial charge in [-0.05, 0) is 0 Å².